The number of carbonyl (C=O) groups is 2. The molecule has 0 unspecified atom stereocenters. The van der Waals surface area contributed by atoms with E-state index in [4.69, 9.17) is 0 Å². The van der Waals surface area contributed by atoms with Crippen molar-refractivity contribution in [1.82, 2.24) is 4.98 Å². The van der Waals surface area contributed by atoms with Crippen molar-refractivity contribution in [2.24, 2.45) is 0 Å². The Morgan fingerprint density at radius 3 is 2.14 bits per heavy atom. The second-order valence-corrected chi connectivity index (χ2v) is 5.59. The Bertz CT molecular complexity index is 908. The van der Waals surface area contributed by atoms with Crippen LogP contribution in [0.15, 0.2) is 54.6 Å². The fraction of sp³-hybridized carbons (Fsp3) is 0.105. The second kappa shape index (κ2) is 4.60. The van der Waals surface area contributed by atoms with Crippen LogP contribution in [0.25, 0.3) is 10.9 Å². The SMILES string of the molecule is Cc1cc(C2C(=O)c3ccccc3C2=O)nc2ccccc12. The van der Waals surface area contributed by atoms with Gasteiger partial charge >= 0.3 is 0 Å². The molecule has 3 heteroatoms. The van der Waals surface area contributed by atoms with Crippen molar-refractivity contribution in [3.8, 4) is 0 Å². The van der Waals surface area contributed by atoms with Crippen LogP contribution < -0.4 is 0 Å². The Morgan fingerprint density at radius 2 is 1.45 bits per heavy atom. The molecule has 0 atom stereocenters. The van der Waals surface area contributed by atoms with Gasteiger partial charge in [0.2, 0.25) is 0 Å². The lowest BCUT2D eigenvalue weighted by atomic mass is 9.96. The molecular weight excluding hydrogens is 274 g/mol. The van der Waals surface area contributed by atoms with E-state index in [1.807, 2.05) is 37.3 Å². The molecule has 3 nitrogen and oxygen atoms in total. The number of nitrogens with zero attached hydrogens (tertiary/aromatic N) is 1. The number of hydrogen-bond acceptors (Lipinski definition) is 3. The van der Waals surface area contributed by atoms with E-state index in [1.165, 1.54) is 0 Å². The molecule has 106 valence electrons. The summed E-state index contributed by atoms with van der Waals surface area (Å²) in [6.45, 7) is 1.98. The van der Waals surface area contributed by atoms with E-state index in [1.54, 1.807) is 24.3 Å². The van der Waals surface area contributed by atoms with Crippen molar-refractivity contribution in [1.29, 1.82) is 0 Å². The molecule has 4 rings (SSSR count). The lowest BCUT2D eigenvalue weighted by Gasteiger charge is -2.10. The molecule has 0 aliphatic heterocycles. The minimum absolute atomic E-state index is 0.150. The lowest BCUT2D eigenvalue weighted by Crippen LogP contribution is -2.14. The van der Waals surface area contributed by atoms with Crippen LogP contribution in [0, 0.1) is 6.92 Å². The molecule has 0 N–H and O–H groups in total. The Labute approximate surface area is 127 Å². The Hall–Kier alpha value is -2.81. The van der Waals surface area contributed by atoms with Crippen molar-refractivity contribution >= 4 is 22.5 Å². The number of rotatable bonds is 1. The average molecular weight is 287 g/mol. The van der Waals surface area contributed by atoms with E-state index in [-0.39, 0.29) is 11.6 Å². The maximum atomic E-state index is 12.6. The third kappa shape index (κ3) is 1.72. The highest BCUT2D eigenvalue weighted by Gasteiger charge is 2.40. The summed E-state index contributed by atoms with van der Waals surface area (Å²) >= 11 is 0. The number of ketones is 2. The van der Waals surface area contributed by atoms with Gasteiger partial charge in [0.1, 0.15) is 5.92 Å². The largest absolute Gasteiger partial charge is 0.293 e. The second-order valence-electron chi connectivity index (χ2n) is 5.59. The average Bonchev–Trinajstić information content (AvgIpc) is 2.79. The zero-order valence-corrected chi connectivity index (χ0v) is 12.0. The van der Waals surface area contributed by atoms with Crippen LogP contribution in [0.1, 0.15) is 37.9 Å². The molecule has 1 aliphatic carbocycles. The minimum atomic E-state index is -0.805. The molecule has 1 aliphatic rings. The topological polar surface area (TPSA) is 47.0 Å². The maximum absolute atomic E-state index is 12.6. The number of benzene rings is 2. The van der Waals surface area contributed by atoms with Crippen molar-refractivity contribution in [2.75, 3.05) is 0 Å². The number of carbonyl (C=O) groups excluding carboxylic acids is 2. The fourth-order valence-corrected chi connectivity index (χ4v) is 3.13. The first-order valence-corrected chi connectivity index (χ1v) is 7.20. The molecule has 22 heavy (non-hydrogen) atoms. The zero-order valence-electron chi connectivity index (χ0n) is 12.0. The Morgan fingerprint density at radius 1 is 0.864 bits per heavy atom. The van der Waals surface area contributed by atoms with E-state index in [2.05, 4.69) is 4.98 Å². The van der Waals surface area contributed by atoms with E-state index in [9.17, 15) is 9.59 Å². The Balaban J connectivity index is 1.90. The number of pyridine rings is 1. The molecule has 0 amide bonds. The highest BCUT2D eigenvalue weighted by molar-refractivity contribution is 6.29. The zero-order chi connectivity index (χ0) is 15.3. The third-order valence-electron chi connectivity index (χ3n) is 4.22. The molecule has 1 heterocycles. The summed E-state index contributed by atoms with van der Waals surface area (Å²) in [6, 6.07) is 16.6. The molecule has 0 radical (unpaired) electrons. The molecule has 0 saturated carbocycles. The van der Waals surface area contributed by atoms with Crippen molar-refractivity contribution in [2.45, 2.75) is 12.8 Å². The number of para-hydroxylation sites is 1. The summed E-state index contributed by atoms with van der Waals surface area (Å²) in [5.41, 5.74) is 3.39. The summed E-state index contributed by atoms with van der Waals surface area (Å²) in [4.78, 5) is 29.7. The normalized spacial score (nSPS) is 14.6. The Kier molecular flexibility index (Phi) is 2.70. The highest BCUT2D eigenvalue weighted by atomic mass is 16.2. The first-order valence-electron chi connectivity index (χ1n) is 7.20. The maximum Gasteiger partial charge on any atom is 0.180 e. The van der Waals surface area contributed by atoms with Gasteiger partial charge in [0.25, 0.3) is 0 Å². The minimum Gasteiger partial charge on any atom is -0.293 e. The predicted molar refractivity (Wildman–Crippen MR) is 84.3 cm³/mol. The first kappa shape index (κ1) is 12.9. The molecule has 1 aromatic heterocycles. The van der Waals surface area contributed by atoms with Crippen LogP contribution in [-0.2, 0) is 0 Å². The van der Waals surface area contributed by atoms with Gasteiger partial charge in [0.15, 0.2) is 11.6 Å². The van der Waals surface area contributed by atoms with Gasteiger partial charge in [-0.05, 0) is 24.6 Å². The van der Waals surface area contributed by atoms with Gasteiger partial charge in [-0.3, -0.25) is 14.6 Å². The predicted octanol–water partition coefficient (Wildman–Crippen LogP) is 3.71. The summed E-state index contributed by atoms with van der Waals surface area (Å²) in [5.74, 6) is -1.11. The van der Waals surface area contributed by atoms with E-state index >= 15 is 0 Å². The number of Topliss-reactive ketones (excluding diaryl/α,β-unsaturated/α-hetero) is 2. The number of hydrogen-bond donors (Lipinski definition) is 0. The molecule has 2 aromatic carbocycles. The van der Waals surface area contributed by atoms with Crippen LogP contribution in [0.4, 0.5) is 0 Å². The van der Waals surface area contributed by atoms with Gasteiger partial charge in [-0.1, -0.05) is 42.5 Å². The molecule has 0 fully saturated rings. The van der Waals surface area contributed by atoms with Gasteiger partial charge in [-0.25, -0.2) is 0 Å². The van der Waals surface area contributed by atoms with Crippen molar-refractivity contribution < 1.29 is 9.59 Å². The van der Waals surface area contributed by atoms with Crippen molar-refractivity contribution in [3.05, 3.63) is 77.0 Å². The lowest BCUT2D eigenvalue weighted by molar-refractivity contribution is 0.0888. The molecular formula is C19H13NO2. The third-order valence-corrected chi connectivity index (χ3v) is 4.22. The van der Waals surface area contributed by atoms with Crippen LogP contribution in [0.2, 0.25) is 0 Å². The molecule has 3 aromatic rings. The van der Waals surface area contributed by atoms with Gasteiger partial charge < -0.3 is 0 Å². The van der Waals surface area contributed by atoms with Crippen LogP contribution >= 0.6 is 0 Å². The van der Waals surface area contributed by atoms with Gasteiger partial charge in [0.05, 0.1) is 11.2 Å². The highest BCUT2D eigenvalue weighted by Crippen LogP contribution is 2.34. The summed E-state index contributed by atoms with van der Waals surface area (Å²) < 4.78 is 0. The van der Waals surface area contributed by atoms with Crippen LogP contribution in [0.3, 0.4) is 0 Å². The monoisotopic (exact) mass is 287 g/mol. The smallest absolute Gasteiger partial charge is 0.180 e. The van der Waals surface area contributed by atoms with Crippen molar-refractivity contribution in [3.63, 3.8) is 0 Å². The summed E-state index contributed by atoms with van der Waals surface area (Å²) in [6.07, 6.45) is 0. The van der Waals surface area contributed by atoms with Gasteiger partial charge in [0, 0.05) is 16.5 Å². The number of aromatic nitrogens is 1. The number of aryl methyl sites for hydroxylation is 1. The summed E-state index contributed by atoms with van der Waals surface area (Å²) in [5, 5.41) is 1.04. The van der Waals surface area contributed by atoms with Crippen LogP contribution in [-0.4, -0.2) is 16.6 Å². The standard InChI is InChI=1S/C19H13NO2/c1-11-10-16(20-15-9-5-4-6-12(11)15)17-18(21)13-7-2-3-8-14(13)19(17)22/h2-10,17H,1H3. The first-order chi connectivity index (χ1) is 10.7. The van der Waals surface area contributed by atoms with E-state index in [0.29, 0.717) is 16.8 Å². The quantitative estimate of drug-likeness (QED) is 0.641. The molecule has 0 saturated heterocycles. The van der Waals surface area contributed by atoms with E-state index in [0.717, 1.165) is 16.5 Å². The van der Waals surface area contributed by atoms with Gasteiger partial charge in [-0.2, -0.15) is 0 Å². The molecule has 0 bridgehead atoms. The number of fused-ring (bicyclic) bond motifs is 2. The molecule has 0 spiro atoms. The summed E-state index contributed by atoms with van der Waals surface area (Å²) in [7, 11) is 0. The van der Waals surface area contributed by atoms with E-state index < -0.39 is 5.92 Å². The fourth-order valence-electron chi connectivity index (χ4n) is 3.13. The van der Waals surface area contributed by atoms with Gasteiger partial charge in [-0.15, -0.1) is 0 Å². The van der Waals surface area contributed by atoms with Crippen LogP contribution in [0.5, 0.6) is 0 Å².